The fraction of sp³-hybridized carbons (Fsp3) is 0.727. The number of nitrogens with one attached hydrogen (secondary N) is 2. The van der Waals surface area contributed by atoms with Crippen molar-refractivity contribution < 1.29 is 4.79 Å². The van der Waals surface area contributed by atoms with E-state index in [9.17, 15) is 4.79 Å². The number of aromatic nitrogens is 1. The van der Waals surface area contributed by atoms with E-state index in [1.807, 2.05) is 38.4 Å². The summed E-state index contributed by atoms with van der Waals surface area (Å²) in [5.74, 6) is 0.168. The molecule has 1 aromatic rings. The van der Waals surface area contributed by atoms with Crippen molar-refractivity contribution in [3.8, 4) is 0 Å². The molecule has 0 aromatic carbocycles. The molecule has 3 rings (SSSR count). The minimum Gasteiger partial charge on any atom is -0.353 e. The molecule has 1 aliphatic carbocycles. The molecule has 0 spiro atoms. The lowest BCUT2D eigenvalue weighted by molar-refractivity contribution is -0.126. The number of carbonyl (C=O) groups is 1. The number of nitrogens with zero attached hydrogens (tertiary/aromatic N) is 2. The Bertz CT molecular complexity index is 569. The summed E-state index contributed by atoms with van der Waals surface area (Å²) in [5, 5.41) is 7.03. The first-order valence-corrected chi connectivity index (χ1v) is 10.8. The van der Waals surface area contributed by atoms with E-state index in [2.05, 4.69) is 20.5 Å². The molecule has 2 aliphatic rings. The lowest BCUT2D eigenvalue weighted by Crippen LogP contribution is -2.45. The van der Waals surface area contributed by atoms with Crippen molar-refractivity contribution in [2.24, 2.45) is 0 Å². The molecule has 2 atom stereocenters. The van der Waals surface area contributed by atoms with Gasteiger partial charge in [0, 0.05) is 43.6 Å². The molecule has 150 valence electrons. The summed E-state index contributed by atoms with van der Waals surface area (Å²) in [4.78, 5) is 19.3. The maximum atomic E-state index is 12.8. The monoisotopic (exact) mass is 372 g/mol. The maximum Gasteiger partial charge on any atom is 0.237 e. The van der Waals surface area contributed by atoms with Crippen LogP contribution in [0, 0.1) is 0 Å². The van der Waals surface area contributed by atoms with Gasteiger partial charge in [-0.05, 0) is 50.8 Å². The fourth-order valence-corrected chi connectivity index (χ4v) is 4.53. The van der Waals surface area contributed by atoms with Gasteiger partial charge < -0.3 is 10.6 Å². The van der Waals surface area contributed by atoms with Gasteiger partial charge in [-0.3, -0.25) is 14.7 Å². The van der Waals surface area contributed by atoms with Gasteiger partial charge in [0.05, 0.1) is 6.04 Å². The van der Waals surface area contributed by atoms with Crippen molar-refractivity contribution in [1.82, 2.24) is 20.5 Å². The largest absolute Gasteiger partial charge is 0.353 e. The second kappa shape index (κ2) is 10.2. The topological polar surface area (TPSA) is 57.3 Å². The van der Waals surface area contributed by atoms with Gasteiger partial charge in [0.15, 0.2) is 0 Å². The van der Waals surface area contributed by atoms with Gasteiger partial charge in [-0.15, -0.1) is 0 Å². The minimum atomic E-state index is -0.0494. The average Bonchev–Trinajstić information content (AvgIpc) is 3.00. The van der Waals surface area contributed by atoms with Crippen LogP contribution in [0.2, 0.25) is 0 Å². The fourth-order valence-electron chi connectivity index (χ4n) is 4.53. The van der Waals surface area contributed by atoms with Crippen LogP contribution in [-0.2, 0) is 11.3 Å². The Morgan fingerprint density at radius 1 is 1.11 bits per heavy atom. The molecule has 0 bridgehead atoms. The summed E-state index contributed by atoms with van der Waals surface area (Å²) in [6, 6.07) is 5.24. The van der Waals surface area contributed by atoms with Crippen molar-refractivity contribution in [3.05, 3.63) is 30.1 Å². The van der Waals surface area contributed by atoms with Gasteiger partial charge >= 0.3 is 0 Å². The lowest BCUT2D eigenvalue weighted by Gasteiger charge is -2.25. The van der Waals surface area contributed by atoms with Crippen LogP contribution < -0.4 is 10.6 Å². The highest BCUT2D eigenvalue weighted by Gasteiger charge is 2.37. The van der Waals surface area contributed by atoms with E-state index in [0.29, 0.717) is 12.1 Å². The summed E-state index contributed by atoms with van der Waals surface area (Å²) in [6.07, 6.45) is 13.9. The highest BCUT2D eigenvalue weighted by molar-refractivity contribution is 5.82. The zero-order valence-corrected chi connectivity index (χ0v) is 17.0. The van der Waals surface area contributed by atoms with Gasteiger partial charge in [0.2, 0.25) is 5.91 Å². The van der Waals surface area contributed by atoms with Crippen LogP contribution in [0.1, 0.15) is 70.8 Å². The first-order valence-electron chi connectivity index (χ1n) is 10.8. The Morgan fingerprint density at radius 3 is 2.44 bits per heavy atom. The quantitative estimate of drug-likeness (QED) is 0.805. The summed E-state index contributed by atoms with van der Waals surface area (Å²) in [7, 11) is 0. The van der Waals surface area contributed by atoms with Gasteiger partial charge in [0.25, 0.3) is 0 Å². The molecule has 5 heteroatoms. The molecule has 2 N–H and O–H groups in total. The van der Waals surface area contributed by atoms with Crippen LogP contribution >= 0.6 is 0 Å². The Kier molecular flexibility index (Phi) is 7.65. The van der Waals surface area contributed by atoms with E-state index < -0.39 is 0 Å². The molecule has 1 amide bonds. The van der Waals surface area contributed by atoms with Gasteiger partial charge in [-0.2, -0.15) is 0 Å². The third kappa shape index (κ3) is 6.28. The Balaban J connectivity index is 1.63. The second-order valence-corrected chi connectivity index (χ2v) is 8.61. The van der Waals surface area contributed by atoms with Crippen LogP contribution in [0.25, 0.3) is 0 Å². The second-order valence-electron chi connectivity index (χ2n) is 8.61. The first kappa shape index (κ1) is 20.3. The molecule has 2 heterocycles. The highest BCUT2D eigenvalue weighted by Crippen LogP contribution is 2.24. The van der Waals surface area contributed by atoms with E-state index in [1.54, 1.807) is 0 Å². The molecule has 5 nitrogen and oxygen atoms in total. The molecular weight excluding hydrogens is 336 g/mol. The van der Waals surface area contributed by atoms with Crippen LogP contribution in [0.3, 0.4) is 0 Å². The van der Waals surface area contributed by atoms with Crippen LogP contribution in [0.5, 0.6) is 0 Å². The van der Waals surface area contributed by atoms with E-state index in [1.165, 1.54) is 50.5 Å². The summed E-state index contributed by atoms with van der Waals surface area (Å²) >= 11 is 0. The number of pyridine rings is 1. The smallest absolute Gasteiger partial charge is 0.237 e. The molecule has 1 aromatic heterocycles. The SMILES string of the molecule is CC(C)NC(=O)[C@@H]1C[C@@H](NC2CCCCCCC2)CN1Cc1ccncc1. The average molecular weight is 373 g/mol. The zero-order chi connectivity index (χ0) is 19.1. The molecule has 0 radical (unpaired) electrons. The van der Waals surface area contributed by atoms with Crippen molar-refractivity contribution >= 4 is 5.91 Å². The van der Waals surface area contributed by atoms with Gasteiger partial charge in [0.1, 0.15) is 0 Å². The van der Waals surface area contributed by atoms with E-state index in [-0.39, 0.29) is 18.0 Å². The van der Waals surface area contributed by atoms with Crippen molar-refractivity contribution in [2.45, 2.75) is 95.9 Å². The van der Waals surface area contributed by atoms with E-state index >= 15 is 0 Å². The zero-order valence-electron chi connectivity index (χ0n) is 17.0. The lowest BCUT2D eigenvalue weighted by atomic mass is 9.96. The molecule has 1 saturated carbocycles. The standard InChI is InChI=1S/C22H36N4O/c1-17(2)24-22(27)21-14-20(25-19-8-6-4-3-5-7-9-19)16-26(21)15-18-10-12-23-13-11-18/h10-13,17,19-21,25H,3-9,14-16H2,1-2H3,(H,24,27)/t20-,21+/m1/s1. The van der Waals surface area contributed by atoms with Gasteiger partial charge in [-0.1, -0.05) is 32.1 Å². The maximum absolute atomic E-state index is 12.8. The number of rotatable bonds is 6. The molecule has 27 heavy (non-hydrogen) atoms. The summed E-state index contributed by atoms with van der Waals surface area (Å²) < 4.78 is 0. The number of hydrogen-bond acceptors (Lipinski definition) is 4. The van der Waals surface area contributed by atoms with E-state index in [4.69, 9.17) is 0 Å². The molecule has 0 unspecified atom stereocenters. The highest BCUT2D eigenvalue weighted by atomic mass is 16.2. The van der Waals surface area contributed by atoms with Crippen molar-refractivity contribution in [1.29, 1.82) is 0 Å². The van der Waals surface area contributed by atoms with Crippen molar-refractivity contribution in [2.75, 3.05) is 6.54 Å². The van der Waals surface area contributed by atoms with Crippen LogP contribution in [-0.4, -0.2) is 46.5 Å². The third-order valence-electron chi connectivity index (χ3n) is 5.85. The molecule has 1 aliphatic heterocycles. The third-order valence-corrected chi connectivity index (χ3v) is 5.85. The number of amides is 1. The predicted molar refractivity (Wildman–Crippen MR) is 109 cm³/mol. The first-order chi connectivity index (χ1) is 13.1. The van der Waals surface area contributed by atoms with Crippen LogP contribution in [0.4, 0.5) is 0 Å². The number of likely N-dealkylation sites (tertiary alicyclic amines) is 1. The Labute approximate surface area is 164 Å². The normalized spacial score (nSPS) is 25.3. The van der Waals surface area contributed by atoms with Gasteiger partial charge in [-0.25, -0.2) is 0 Å². The molecule has 1 saturated heterocycles. The predicted octanol–water partition coefficient (Wildman–Crippen LogP) is 3.25. The Morgan fingerprint density at radius 2 is 1.78 bits per heavy atom. The van der Waals surface area contributed by atoms with E-state index in [0.717, 1.165) is 19.5 Å². The Hall–Kier alpha value is -1.46. The summed E-state index contributed by atoms with van der Waals surface area (Å²) in [5.41, 5.74) is 1.22. The molecule has 2 fully saturated rings. The van der Waals surface area contributed by atoms with Crippen molar-refractivity contribution in [3.63, 3.8) is 0 Å². The van der Waals surface area contributed by atoms with Crippen LogP contribution in [0.15, 0.2) is 24.5 Å². The summed E-state index contributed by atoms with van der Waals surface area (Å²) in [6.45, 7) is 5.81. The number of carbonyl (C=O) groups excluding carboxylic acids is 1. The number of hydrogen-bond donors (Lipinski definition) is 2. The molecular formula is C22H36N4O. The minimum absolute atomic E-state index is 0.0494.